The molecule has 1 aliphatic rings. The molecule has 0 spiro atoms. The molecule has 1 aromatic carbocycles. The van der Waals surface area contributed by atoms with E-state index >= 15 is 0 Å². The molecule has 0 bridgehead atoms. The smallest absolute Gasteiger partial charge is 0.451 e. The van der Waals surface area contributed by atoms with Gasteiger partial charge in [-0.2, -0.15) is 28.1 Å². The molecule has 0 unspecified atom stereocenters. The zero-order chi connectivity index (χ0) is 17.3. The Morgan fingerprint density at radius 3 is 2.54 bits per heavy atom. The van der Waals surface area contributed by atoms with Gasteiger partial charge >= 0.3 is 6.18 Å². The minimum absolute atomic E-state index is 0.162. The van der Waals surface area contributed by atoms with Crippen LogP contribution in [0.1, 0.15) is 11.4 Å². The molecule has 0 saturated heterocycles. The molecule has 0 amide bonds. The van der Waals surface area contributed by atoms with Crippen molar-refractivity contribution >= 4 is 11.9 Å². The zero-order valence-electron chi connectivity index (χ0n) is 12.7. The van der Waals surface area contributed by atoms with Crippen molar-refractivity contribution in [1.29, 1.82) is 0 Å². The second-order valence-electron chi connectivity index (χ2n) is 5.15. The molecule has 10 heteroatoms. The quantitative estimate of drug-likeness (QED) is 0.912. The van der Waals surface area contributed by atoms with Crippen molar-refractivity contribution < 1.29 is 22.6 Å². The first-order valence-electron chi connectivity index (χ1n) is 7.01. The number of rotatable bonds is 3. The summed E-state index contributed by atoms with van der Waals surface area (Å²) in [6, 6.07) is 5.31. The molecule has 7 nitrogen and oxygen atoms in total. The van der Waals surface area contributed by atoms with Crippen LogP contribution in [0.5, 0.6) is 11.5 Å². The summed E-state index contributed by atoms with van der Waals surface area (Å²) < 4.78 is 49.2. The molecule has 24 heavy (non-hydrogen) atoms. The summed E-state index contributed by atoms with van der Waals surface area (Å²) in [7, 11) is 1.56. The first kappa shape index (κ1) is 16.1. The number of alkyl halides is 3. The van der Waals surface area contributed by atoms with E-state index in [4.69, 9.17) is 15.2 Å². The Kier molecular flexibility index (Phi) is 4.04. The van der Waals surface area contributed by atoms with Crippen LogP contribution in [0.25, 0.3) is 0 Å². The second kappa shape index (κ2) is 6.02. The normalized spacial score (nSPS) is 13.7. The highest BCUT2D eigenvalue weighted by molar-refractivity contribution is 5.45. The van der Waals surface area contributed by atoms with Crippen LogP contribution in [0.15, 0.2) is 18.2 Å². The zero-order valence-corrected chi connectivity index (χ0v) is 12.7. The summed E-state index contributed by atoms with van der Waals surface area (Å²) in [5.41, 5.74) is 6.15. The largest absolute Gasteiger partial charge is 0.486 e. The van der Waals surface area contributed by atoms with Gasteiger partial charge in [0.1, 0.15) is 13.2 Å². The first-order chi connectivity index (χ1) is 11.3. The average molecular weight is 341 g/mol. The molecule has 0 atom stereocenters. The third-order valence-corrected chi connectivity index (χ3v) is 3.26. The van der Waals surface area contributed by atoms with Crippen LogP contribution in [0.4, 0.5) is 25.1 Å². The SMILES string of the molecule is CN(Cc1ccc2c(c1)OCCO2)c1nc(N)nc(C(F)(F)F)n1. The van der Waals surface area contributed by atoms with Gasteiger partial charge in [-0.05, 0) is 17.7 Å². The van der Waals surface area contributed by atoms with E-state index in [2.05, 4.69) is 15.0 Å². The predicted octanol–water partition coefficient (Wildman–Crippen LogP) is 1.88. The number of halogens is 3. The number of anilines is 2. The van der Waals surface area contributed by atoms with Crippen molar-refractivity contribution in [2.24, 2.45) is 0 Å². The summed E-state index contributed by atoms with van der Waals surface area (Å²) in [6.45, 7) is 1.19. The summed E-state index contributed by atoms with van der Waals surface area (Å²) in [5, 5.41) is 0. The van der Waals surface area contributed by atoms with Crippen molar-refractivity contribution in [3.05, 3.63) is 29.6 Å². The fourth-order valence-corrected chi connectivity index (χ4v) is 2.21. The first-order valence-corrected chi connectivity index (χ1v) is 7.01. The van der Waals surface area contributed by atoms with E-state index in [1.54, 1.807) is 25.2 Å². The summed E-state index contributed by atoms with van der Waals surface area (Å²) in [4.78, 5) is 11.8. The Bertz CT molecular complexity index is 754. The molecule has 2 aromatic rings. The predicted molar refractivity (Wildman–Crippen MR) is 78.8 cm³/mol. The van der Waals surface area contributed by atoms with Crippen LogP contribution < -0.4 is 20.1 Å². The van der Waals surface area contributed by atoms with Crippen LogP contribution in [-0.4, -0.2) is 35.2 Å². The lowest BCUT2D eigenvalue weighted by Crippen LogP contribution is -2.23. The second-order valence-corrected chi connectivity index (χ2v) is 5.15. The molecule has 1 aromatic heterocycles. The minimum atomic E-state index is -4.69. The van der Waals surface area contributed by atoms with Crippen molar-refractivity contribution in [3.8, 4) is 11.5 Å². The third kappa shape index (κ3) is 3.42. The van der Waals surface area contributed by atoms with Gasteiger partial charge in [0.2, 0.25) is 17.7 Å². The van der Waals surface area contributed by atoms with E-state index in [-0.39, 0.29) is 12.5 Å². The maximum atomic E-state index is 12.8. The van der Waals surface area contributed by atoms with Crippen molar-refractivity contribution in [3.63, 3.8) is 0 Å². The fourth-order valence-electron chi connectivity index (χ4n) is 2.21. The van der Waals surface area contributed by atoms with E-state index in [1.807, 2.05) is 0 Å². The highest BCUT2D eigenvalue weighted by atomic mass is 19.4. The molecule has 1 aliphatic heterocycles. The maximum Gasteiger partial charge on any atom is 0.451 e. The van der Waals surface area contributed by atoms with Crippen LogP contribution >= 0.6 is 0 Å². The van der Waals surface area contributed by atoms with E-state index in [9.17, 15) is 13.2 Å². The fraction of sp³-hybridized carbons (Fsp3) is 0.357. The summed E-state index contributed by atoms with van der Waals surface area (Å²) in [6.07, 6.45) is -4.69. The topological polar surface area (TPSA) is 86.4 Å². The summed E-state index contributed by atoms with van der Waals surface area (Å²) >= 11 is 0. The van der Waals surface area contributed by atoms with Gasteiger partial charge in [-0.15, -0.1) is 0 Å². The Labute approximate surface area is 135 Å². The number of ether oxygens (including phenoxy) is 2. The number of aromatic nitrogens is 3. The van der Waals surface area contributed by atoms with Gasteiger partial charge in [0.25, 0.3) is 0 Å². The number of nitrogen functional groups attached to an aromatic ring is 1. The van der Waals surface area contributed by atoms with E-state index < -0.39 is 17.9 Å². The average Bonchev–Trinajstić information content (AvgIpc) is 2.53. The van der Waals surface area contributed by atoms with Crippen LogP contribution in [0.2, 0.25) is 0 Å². The standard InChI is InChI=1S/C14H14F3N5O2/c1-22(13-20-11(14(15,16)17)19-12(18)21-13)7-8-2-3-9-10(6-8)24-5-4-23-9/h2-3,6H,4-5,7H2,1H3,(H2,18,19,20,21). The van der Waals surface area contributed by atoms with Gasteiger partial charge in [0, 0.05) is 13.6 Å². The number of hydrogen-bond donors (Lipinski definition) is 1. The highest BCUT2D eigenvalue weighted by Crippen LogP contribution is 2.31. The van der Waals surface area contributed by atoms with Crippen molar-refractivity contribution in [1.82, 2.24) is 15.0 Å². The van der Waals surface area contributed by atoms with E-state index in [0.717, 1.165) is 5.56 Å². The molecular formula is C14H14F3N5O2. The van der Waals surface area contributed by atoms with Gasteiger partial charge < -0.3 is 20.1 Å². The number of nitrogens with two attached hydrogens (primary N) is 1. The Balaban J connectivity index is 1.82. The lowest BCUT2D eigenvalue weighted by Gasteiger charge is -2.21. The van der Waals surface area contributed by atoms with Gasteiger partial charge in [0.15, 0.2) is 11.5 Å². The molecular weight excluding hydrogens is 327 g/mol. The van der Waals surface area contributed by atoms with Crippen LogP contribution in [0.3, 0.4) is 0 Å². The van der Waals surface area contributed by atoms with E-state index in [0.29, 0.717) is 24.7 Å². The van der Waals surface area contributed by atoms with Crippen molar-refractivity contribution in [2.75, 3.05) is 30.9 Å². The van der Waals surface area contributed by atoms with Gasteiger partial charge in [0.05, 0.1) is 0 Å². The lowest BCUT2D eigenvalue weighted by molar-refractivity contribution is -0.144. The molecule has 2 heterocycles. The van der Waals surface area contributed by atoms with Crippen LogP contribution in [-0.2, 0) is 12.7 Å². The number of nitrogens with zero attached hydrogens (tertiary/aromatic N) is 4. The molecule has 2 N–H and O–H groups in total. The number of benzene rings is 1. The molecule has 0 aliphatic carbocycles. The van der Waals surface area contributed by atoms with E-state index in [1.165, 1.54) is 4.90 Å². The summed E-state index contributed by atoms with van der Waals surface area (Å²) in [5.74, 6) is -0.736. The molecule has 0 saturated carbocycles. The Hall–Kier alpha value is -2.78. The van der Waals surface area contributed by atoms with Crippen LogP contribution in [0, 0.1) is 0 Å². The van der Waals surface area contributed by atoms with Gasteiger partial charge in [-0.1, -0.05) is 6.07 Å². The lowest BCUT2D eigenvalue weighted by atomic mass is 10.2. The third-order valence-electron chi connectivity index (χ3n) is 3.26. The number of hydrogen-bond acceptors (Lipinski definition) is 7. The molecule has 0 fully saturated rings. The molecule has 128 valence electrons. The maximum absolute atomic E-state index is 12.8. The van der Waals surface area contributed by atoms with Crippen molar-refractivity contribution in [2.45, 2.75) is 12.7 Å². The number of fused-ring (bicyclic) bond motifs is 1. The molecule has 0 radical (unpaired) electrons. The highest BCUT2D eigenvalue weighted by Gasteiger charge is 2.36. The minimum Gasteiger partial charge on any atom is -0.486 e. The molecule has 3 rings (SSSR count). The monoisotopic (exact) mass is 341 g/mol. The van der Waals surface area contributed by atoms with Gasteiger partial charge in [-0.3, -0.25) is 0 Å². The Morgan fingerprint density at radius 2 is 1.83 bits per heavy atom. The Morgan fingerprint density at radius 1 is 1.12 bits per heavy atom. The van der Waals surface area contributed by atoms with Gasteiger partial charge in [-0.25, -0.2) is 0 Å².